The number of aromatic hydroxyl groups is 4. The summed E-state index contributed by atoms with van der Waals surface area (Å²) in [4.78, 5) is 0. The van der Waals surface area contributed by atoms with Crippen molar-refractivity contribution in [2.45, 2.75) is 108 Å². The van der Waals surface area contributed by atoms with Crippen LogP contribution >= 0.6 is 27.5 Å². The highest BCUT2D eigenvalue weighted by atomic mass is 79.9. The molecule has 270 valence electrons. The highest BCUT2D eigenvalue weighted by Crippen LogP contribution is 2.32. The lowest BCUT2D eigenvalue weighted by molar-refractivity contribution is 0.400. The van der Waals surface area contributed by atoms with E-state index in [1.165, 1.54) is 0 Å². The Hall–Kier alpha value is -3.35. The molecular weight excluding hydrogens is 688 g/mol. The van der Waals surface area contributed by atoms with E-state index in [0.717, 1.165) is 43.1 Å². The number of halogens is 2. The molecule has 0 radical (unpaired) electrons. The number of aryl methyl sites for hydroxylation is 1. The van der Waals surface area contributed by atoms with Crippen LogP contribution in [0.4, 0.5) is 0 Å². The minimum atomic E-state index is -0.0290. The molecule has 0 spiro atoms. The van der Waals surface area contributed by atoms with Crippen LogP contribution in [-0.4, -0.2) is 27.5 Å². The first-order valence-corrected chi connectivity index (χ1v) is 16.3. The van der Waals surface area contributed by atoms with Crippen LogP contribution in [-0.2, 0) is 0 Å². The minimum Gasteiger partial charge on any atom is -0.508 e. The maximum Gasteiger partial charge on any atom is 0.160 e. The van der Waals surface area contributed by atoms with E-state index in [9.17, 15) is 20.4 Å². The van der Waals surface area contributed by atoms with E-state index in [-0.39, 0.29) is 33.8 Å². The van der Waals surface area contributed by atoms with Crippen LogP contribution in [0.1, 0.15) is 129 Å². The highest BCUT2D eigenvalue weighted by molar-refractivity contribution is 9.10. The number of rotatable bonds is 5. The van der Waals surface area contributed by atoms with Gasteiger partial charge in [0.2, 0.25) is 0 Å². The monoisotopic (exact) mass is 748 g/mol. The second-order valence-electron chi connectivity index (χ2n) is 12.0. The third kappa shape index (κ3) is 16.2. The first-order valence-electron chi connectivity index (χ1n) is 15.1. The number of methoxy groups -OCH3 is 1. The second-order valence-corrected chi connectivity index (χ2v) is 13.3. The molecule has 0 amide bonds. The van der Waals surface area contributed by atoms with Gasteiger partial charge in [-0.2, -0.15) is 0 Å². The third-order valence-electron chi connectivity index (χ3n) is 6.95. The molecule has 0 fully saturated rings. The van der Waals surface area contributed by atoms with Crippen LogP contribution in [0, 0.1) is 6.92 Å². The lowest BCUT2D eigenvalue weighted by atomic mass is 10.0. The molecule has 7 heteroatoms. The van der Waals surface area contributed by atoms with Crippen molar-refractivity contribution in [3.8, 4) is 28.7 Å². The Labute approximate surface area is 305 Å². The van der Waals surface area contributed by atoms with Gasteiger partial charge in [-0.25, -0.2) is 0 Å². The van der Waals surface area contributed by atoms with Gasteiger partial charge in [-0.15, -0.1) is 0 Å². The van der Waals surface area contributed by atoms with E-state index in [1.54, 1.807) is 32.2 Å². The van der Waals surface area contributed by atoms with Gasteiger partial charge in [0.25, 0.3) is 0 Å². The Kier molecular flexibility index (Phi) is 24.4. The quantitative estimate of drug-likeness (QED) is 0.153. The Balaban J connectivity index is -0.000000552. The maximum absolute atomic E-state index is 9.38. The van der Waals surface area contributed by atoms with Gasteiger partial charge in [0.05, 0.1) is 7.11 Å². The van der Waals surface area contributed by atoms with E-state index in [2.05, 4.69) is 57.5 Å². The van der Waals surface area contributed by atoms with Crippen molar-refractivity contribution in [1.82, 2.24) is 0 Å². The van der Waals surface area contributed by atoms with Gasteiger partial charge in [0.1, 0.15) is 17.2 Å². The van der Waals surface area contributed by atoms with E-state index >= 15 is 0 Å². The van der Waals surface area contributed by atoms with Crippen LogP contribution in [0.5, 0.6) is 28.7 Å². The smallest absolute Gasteiger partial charge is 0.160 e. The van der Waals surface area contributed by atoms with Gasteiger partial charge in [-0.05, 0) is 107 Å². The Bertz CT molecular complexity index is 1460. The zero-order valence-corrected chi connectivity index (χ0v) is 30.5. The summed E-state index contributed by atoms with van der Waals surface area (Å²) in [5.74, 6) is 3.23. The number of benzene rings is 4. The van der Waals surface area contributed by atoms with Crippen molar-refractivity contribution in [3.63, 3.8) is 0 Å². The largest absolute Gasteiger partial charge is 0.508 e. The zero-order chi connectivity index (χ0) is 34.4. The standard InChI is InChI=1S/C10H13ClO.C10H14O2.C9H11BrO.C9H12O.3CH4/c1-7(2)9-6-8(11)4-5-10(9)12-3;1-6(2)8-4-7(3)10(12)9(11)5-8;1-6(2)8-5-7(10)3-4-9(8)11;1-7(2)8-5-3-4-6-9(8)10;;;/h4-7H,1-3H3;4-6,11-12H,1-3H3;3-6,11H,1-2H3;3-7,10H,1-2H3;3*1H4. The van der Waals surface area contributed by atoms with Crippen molar-refractivity contribution >= 4 is 27.5 Å². The molecule has 0 aliphatic rings. The summed E-state index contributed by atoms with van der Waals surface area (Å²) in [6, 6.07) is 22.1. The summed E-state index contributed by atoms with van der Waals surface area (Å²) in [5.41, 5.74) is 4.92. The maximum atomic E-state index is 9.38. The van der Waals surface area contributed by atoms with Crippen LogP contribution < -0.4 is 4.74 Å². The molecule has 0 unspecified atom stereocenters. The third-order valence-corrected chi connectivity index (χ3v) is 7.68. The van der Waals surface area contributed by atoms with Gasteiger partial charge in [-0.1, -0.05) is 129 Å². The molecule has 5 nitrogen and oxygen atoms in total. The Morgan fingerprint density at radius 1 is 0.583 bits per heavy atom. The molecule has 0 heterocycles. The molecule has 48 heavy (non-hydrogen) atoms. The summed E-state index contributed by atoms with van der Waals surface area (Å²) in [5, 5.41) is 38.0. The number of hydrogen-bond acceptors (Lipinski definition) is 5. The van der Waals surface area contributed by atoms with Crippen molar-refractivity contribution in [2.24, 2.45) is 0 Å². The SMILES string of the molecule is C.C.C.CC(C)c1cc(Br)ccc1O.CC(C)c1ccccc1O.COc1ccc(Cl)cc1C(C)C.Cc1cc(C(C)C)cc(O)c1O. The molecule has 0 atom stereocenters. The molecule has 4 N–H and O–H groups in total. The highest BCUT2D eigenvalue weighted by Gasteiger charge is 2.08. The summed E-state index contributed by atoms with van der Waals surface area (Å²) < 4.78 is 6.22. The van der Waals surface area contributed by atoms with E-state index in [4.69, 9.17) is 16.3 Å². The van der Waals surface area contributed by atoms with E-state index in [0.29, 0.717) is 35.2 Å². The summed E-state index contributed by atoms with van der Waals surface area (Å²) in [7, 11) is 1.68. The number of ether oxygens (including phenoxy) is 1. The van der Waals surface area contributed by atoms with Crippen molar-refractivity contribution in [1.29, 1.82) is 0 Å². The Morgan fingerprint density at radius 3 is 1.52 bits per heavy atom. The predicted octanol–water partition coefficient (Wildman–Crippen LogP) is 13.7. The molecular formula is C41H62BrClO5. The van der Waals surface area contributed by atoms with Gasteiger partial charge in [-0.3, -0.25) is 0 Å². The van der Waals surface area contributed by atoms with Crippen LogP contribution in [0.25, 0.3) is 0 Å². The van der Waals surface area contributed by atoms with Gasteiger partial charge >= 0.3 is 0 Å². The lowest BCUT2D eigenvalue weighted by Crippen LogP contribution is -1.93. The summed E-state index contributed by atoms with van der Waals surface area (Å²) in [6.07, 6.45) is 0. The minimum absolute atomic E-state index is 0. The molecule has 4 aromatic carbocycles. The molecule has 0 saturated carbocycles. The van der Waals surface area contributed by atoms with Gasteiger partial charge in [0.15, 0.2) is 11.5 Å². The average molecular weight is 750 g/mol. The summed E-state index contributed by atoms with van der Waals surface area (Å²) >= 11 is 9.22. The van der Waals surface area contributed by atoms with Crippen molar-refractivity contribution in [3.05, 3.63) is 110 Å². The number of phenolic OH excluding ortho intramolecular Hbond substituents is 4. The van der Waals surface area contributed by atoms with Crippen LogP contribution in [0.2, 0.25) is 5.02 Å². The predicted molar refractivity (Wildman–Crippen MR) is 213 cm³/mol. The topological polar surface area (TPSA) is 90.2 Å². The van der Waals surface area contributed by atoms with Crippen molar-refractivity contribution in [2.75, 3.05) is 7.11 Å². The fourth-order valence-electron chi connectivity index (χ4n) is 4.24. The summed E-state index contributed by atoms with van der Waals surface area (Å²) in [6.45, 7) is 18.4. The van der Waals surface area contributed by atoms with Crippen LogP contribution in [0.3, 0.4) is 0 Å². The number of hydrogen-bond donors (Lipinski definition) is 4. The molecule has 0 aliphatic carbocycles. The first kappa shape index (κ1) is 49.0. The number of para-hydroxylation sites is 1. The normalized spacial score (nSPS) is 9.83. The molecule has 4 rings (SSSR count). The molecule has 4 aromatic rings. The van der Waals surface area contributed by atoms with Gasteiger partial charge in [0, 0.05) is 9.50 Å². The molecule has 0 bridgehead atoms. The molecule has 0 aliphatic heterocycles. The second kappa shape index (κ2) is 23.9. The zero-order valence-electron chi connectivity index (χ0n) is 28.2. The molecule has 0 aromatic heterocycles. The Morgan fingerprint density at radius 2 is 1.10 bits per heavy atom. The fraction of sp³-hybridized carbons (Fsp3) is 0.415. The number of phenols is 4. The van der Waals surface area contributed by atoms with Gasteiger partial charge < -0.3 is 25.2 Å². The molecule has 0 saturated heterocycles. The first-order chi connectivity index (χ1) is 21.0. The van der Waals surface area contributed by atoms with E-state index in [1.807, 2.05) is 68.4 Å². The van der Waals surface area contributed by atoms with Crippen molar-refractivity contribution < 1.29 is 25.2 Å². The van der Waals surface area contributed by atoms with E-state index < -0.39 is 0 Å². The lowest BCUT2D eigenvalue weighted by Gasteiger charge is -2.11. The fourth-order valence-corrected chi connectivity index (χ4v) is 4.80. The average Bonchev–Trinajstić information content (AvgIpc) is 2.97. The van der Waals surface area contributed by atoms with Crippen LogP contribution in [0.15, 0.2) is 77.3 Å².